The minimum absolute atomic E-state index is 0.000377. The molecule has 2 amide bonds. The van der Waals surface area contributed by atoms with E-state index >= 15 is 0 Å². The maximum absolute atomic E-state index is 11.5. The third kappa shape index (κ3) is 5.43. The number of urea groups is 1. The molecule has 4 N–H and O–H groups in total. The Morgan fingerprint density at radius 2 is 1.90 bits per heavy atom. The van der Waals surface area contributed by atoms with Crippen LogP contribution in [0.2, 0.25) is 0 Å². The van der Waals surface area contributed by atoms with Gasteiger partial charge in [0, 0.05) is 12.1 Å². The lowest BCUT2D eigenvalue weighted by Crippen LogP contribution is -2.29. The number of carbonyl (C=O) groups is 2. The van der Waals surface area contributed by atoms with Crippen molar-refractivity contribution >= 4 is 17.7 Å². The van der Waals surface area contributed by atoms with Gasteiger partial charge in [-0.05, 0) is 31.4 Å². The molecule has 0 fully saturated rings. The SMILES string of the molecule is C=C(CCCCNC(=O)Nc1ccccc1O)C(=O)O. The molecule has 0 atom stereocenters. The van der Waals surface area contributed by atoms with Crippen LogP contribution in [0.3, 0.4) is 0 Å². The van der Waals surface area contributed by atoms with Gasteiger partial charge in [-0.25, -0.2) is 9.59 Å². The molecule has 0 radical (unpaired) electrons. The van der Waals surface area contributed by atoms with Gasteiger partial charge in [0.2, 0.25) is 0 Å². The van der Waals surface area contributed by atoms with Gasteiger partial charge in [-0.1, -0.05) is 18.7 Å². The summed E-state index contributed by atoms with van der Waals surface area (Å²) in [5.41, 5.74) is 0.507. The second kappa shape index (κ2) is 7.83. The van der Waals surface area contributed by atoms with Crippen LogP contribution in [-0.4, -0.2) is 28.8 Å². The molecule has 6 heteroatoms. The first kappa shape index (κ1) is 15.6. The molecule has 1 rings (SSSR count). The van der Waals surface area contributed by atoms with Crippen molar-refractivity contribution in [3.8, 4) is 5.75 Å². The van der Waals surface area contributed by atoms with E-state index in [0.717, 1.165) is 0 Å². The van der Waals surface area contributed by atoms with E-state index in [-0.39, 0.29) is 11.3 Å². The fourth-order valence-corrected chi connectivity index (χ4v) is 1.52. The third-order valence-corrected chi connectivity index (χ3v) is 2.65. The highest BCUT2D eigenvalue weighted by Gasteiger charge is 2.05. The molecule has 1 aromatic rings. The molecule has 0 aromatic heterocycles. The second-order valence-corrected chi connectivity index (χ2v) is 4.26. The Labute approximate surface area is 117 Å². The number of unbranched alkanes of at least 4 members (excludes halogenated alkanes) is 1. The Kier molecular flexibility index (Phi) is 6.09. The fourth-order valence-electron chi connectivity index (χ4n) is 1.52. The number of anilines is 1. The molecule has 6 nitrogen and oxygen atoms in total. The third-order valence-electron chi connectivity index (χ3n) is 2.65. The van der Waals surface area contributed by atoms with Gasteiger partial charge < -0.3 is 20.8 Å². The van der Waals surface area contributed by atoms with E-state index < -0.39 is 12.0 Å². The predicted molar refractivity (Wildman–Crippen MR) is 75.8 cm³/mol. The maximum Gasteiger partial charge on any atom is 0.330 e. The zero-order chi connectivity index (χ0) is 15.0. The molecule has 20 heavy (non-hydrogen) atoms. The highest BCUT2D eigenvalue weighted by Crippen LogP contribution is 2.20. The predicted octanol–water partition coefficient (Wildman–Crippen LogP) is 2.32. The molecule has 0 aliphatic carbocycles. The molecule has 0 spiro atoms. The second-order valence-electron chi connectivity index (χ2n) is 4.26. The van der Waals surface area contributed by atoms with Crippen molar-refractivity contribution in [1.82, 2.24) is 5.32 Å². The summed E-state index contributed by atoms with van der Waals surface area (Å²) in [6.45, 7) is 3.85. The van der Waals surface area contributed by atoms with Crippen LogP contribution in [0, 0.1) is 0 Å². The molecule has 108 valence electrons. The van der Waals surface area contributed by atoms with Gasteiger partial charge in [-0.2, -0.15) is 0 Å². The summed E-state index contributed by atoms with van der Waals surface area (Å²) >= 11 is 0. The smallest absolute Gasteiger partial charge is 0.330 e. The summed E-state index contributed by atoms with van der Waals surface area (Å²) in [5.74, 6) is -0.990. The van der Waals surface area contributed by atoms with Gasteiger partial charge in [-0.15, -0.1) is 0 Å². The minimum Gasteiger partial charge on any atom is -0.506 e. The summed E-state index contributed by atoms with van der Waals surface area (Å²) in [7, 11) is 0. The average Bonchev–Trinajstić information content (AvgIpc) is 2.40. The summed E-state index contributed by atoms with van der Waals surface area (Å²) in [4.78, 5) is 22.0. The number of hydrogen-bond donors (Lipinski definition) is 4. The molecular weight excluding hydrogens is 260 g/mol. The fraction of sp³-hybridized carbons (Fsp3) is 0.286. The number of carboxylic acid groups (broad SMARTS) is 1. The van der Waals surface area contributed by atoms with E-state index in [1.807, 2.05) is 0 Å². The van der Waals surface area contributed by atoms with E-state index in [1.165, 1.54) is 6.07 Å². The summed E-state index contributed by atoms with van der Waals surface area (Å²) < 4.78 is 0. The van der Waals surface area contributed by atoms with Gasteiger partial charge in [-0.3, -0.25) is 0 Å². The van der Waals surface area contributed by atoms with Crippen molar-refractivity contribution in [1.29, 1.82) is 0 Å². The van der Waals surface area contributed by atoms with Gasteiger partial charge in [0.15, 0.2) is 0 Å². The highest BCUT2D eigenvalue weighted by molar-refractivity contribution is 5.90. The Hall–Kier alpha value is -2.50. The van der Waals surface area contributed by atoms with Crippen LogP contribution in [0.1, 0.15) is 19.3 Å². The molecule has 0 bridgehead atoms. The largest absolute Gasteiger partial charge is 0.506 e. The van der Waals surface area contributed by atoms with Crippen molar-refractivity contribution in [3.05, 3.63) is 36.4 Å². The number of aromatic hydroxyl groups is 1. The van der Waals surface area contributed by atoms with Crippen LogP contribution in [0.15, 0.2) is 36.4 Å². The lowest BCUT2D eigenvalue weighted by atomic mass is 10.1. The van der Waals surface area contributed by atoms with E-state index in [4.69, 9.17) is 5.11 Å². The van der Waals surface area contributed by atoms with Crippen LogP contribution in [0.4, 0.5) is 10.5 Å². The number of amides is 2. The van der Waals surface area contributed by atoms with Crippen molar-refractivity contribution < 1.29 is 19.8 Å². The van der Waals surface area contributed by atoms with Gasteiger partial charge in [0.25, 0.3) is 0 Å². The Morgan fingerprint density at radius 3 is 2.55 bits per heavy atom. The van der Waals surface area contributed by atoms with E-state index in [9.17, 15) is 14.7 Å². The zero-order valence-electron chi connectivity index (χ0n) is 11.1. The van der Waals surface area contributed by atoms with Crippen LogP contribution in [-0.2, 0) is 4.79 Å². The minimum atomic E-state index is -0.991. The number of benzene rings is 1. The van der Waals surface area contributed by atoms with Crippen molar-refractivity contribution in [2.75, 3.05) is 11.9 Å². The molecule has 1 aromatic carbocycles. The number of phenolic OH excluding ortho intramolecular Hbond substituents is 1. The number of para-hydroxylation sites is 2. The number of aliphatic carboxylic acids is 1. The first-order valence-electron chi connectivity index (χ1n) is 6.24. The topological polar surface area (TPSA) is 98.7 Å². The lowest BCUT2D eigenvalue weighted by Gasteiger charge is -2.08. The molecule has 0 heterocycles. The first-order chi connectivity index (χ1) is 9.50. The molecule has 0 saturated heterocycles. The Bertz CT molecular complexity index is 500. The number of hydrogen-bond acceptors (Lipinski definition) is 3. The maximum atomic E-state index is 11.5. The van der Waals surface area contributed by atoms with Crippen molar-refractivity contribution in [2.45, 2.75) is 19.3 Å². The quantitative estimate of drug-likeness (QED) is 0.349. The first-order valence-corrected chi connectivity index (χ1v) is 6.24. The van der Waals surface area contributed by atoms with Gasteiger partial charge in [0.1, 0.15) is 5.75 Å². The number of phenols is 1. The van der Waals surface area contributed by atoms with Crippen LogP contribution in [0.25, 0.3) is 0 Å². The van der Waals surface area contributed by atoms with Crippen molar-refractivity contribution in [2.24, 2.45) is 0 Å². The monoisotopic (exact) mass is 278 g/mol. The van der Waals surface area contributed by atoms with Crippen molar-refractivity contribution in [3.63, 3.8) is 0 Å². The van der Waals surface area contributed by atoms with Gasteiger partial charge >= 0.3 is 12.0 Å². The molecular formula is C14H18N2O4. The van der Waals surface area contributed by atoms with Gasteiger partial charge in [0.05, 0.1) is 5.69 Å². The number of carboxylic acids is 1. The summed E-state index contributed by atoms with van der Waals surface area (Å²) in [6.07, 6.45) is 1.70. The van der Waals surface area contributed by atoms with Crippen LogP contribution in [0.5, 0.6) is 5.75 Å². The van der Waals surface area contributed by atoms with E-state index in [2.05, 4.69) is 17.2 Å². The normalized spacial score (nSPS) is 9.80. The number of carbonyl (C=O) groups excluding carboxylic acids is 1. The van der Waals surface area contributed by atoms with E-state index in [1.54, 1.807) is 18.2 Å². The molecule has 0 aliphatic heterocycles. The molecule has 0 saturated carbocycles. The Morgan fingerprint density at radius 1 is 1.20 bits per heavy atom. The highest BCUT2D eigenvalue weighted by atomic mass is 16.4. The number of nitrogens with one attached hydrogen (secondary N) is 2. The summed E-state index contributed by atoms with van der Waals surface area (Å²) in [6, 6.07) is 6.02. The average molecular weight is 278 g/mol. The number of rotatable bonds is 7. The molecule has 0 unspecified atom stereocenters. The lowest BCUT2D eigenvalue weighted by molar-refractivity contribution is -0.132. The van der Waals surface area contributed by atoms with Crippen LogP contribution < -0.4 is 10.6 Å². The summed E-state index contributed by atoms with van der Waals surface area (Å²) in [5, 5.41) is 23.2. The zero-order valence-corrected chi connectivity index (χ0v) is 11.1. The van der Waals surface area contributed by atoms with E-state index in [0.29, 0.717) is 31.5 Å². The standard InChI is InChI=1S/C14H18N2O4/c1-10(13(18)19)6-4-5-9-15-14(20)16-11-7-2-3-8-12(11)17/h2-3,7-8,17H,1,4-6,9H2,(H,18,19)(H2,15,16,20). The Balaban J connectivity index is 2.20. The van der Waals surface area contributed by atoms with Crippen LogP contribution >= 0.6 is 0 Å². The molecule has 0 aliphatic rings.